The van der Waals surface area contributed by atoms with Crippen molar-refractivity contribution >= 4 is 5.91 Å². The molecule has 0 saturated carbocycles. The topological polar surface area (TPSA) is 40.5 Å². The minimum Gasteiger partial charge on any atom is -0.508 e. The molecule has 0 radical (unpaired) electrons. The normalized spacial score (nSPS) is 17.2. The number of para-hydroxylation sites is 1. The highest BCUT2D eigenvalue weighted by molar-refractivity contribution is 5.77. The van der Waals surface area contributed by atoms with E-state index in [1.54, 1.807) is 12.1 Å². The molecule has 0 unspecified atom stereocenters. The average molecular weight is 323 g/mol. The van der Waals surface area contributed by atoms with E-state index < -0.39 is 0 Å². The monoisotopic (exact) mass is 323 g/mol. The van der Waals surface area contributed by atoms with Crippen molar-refractivity contribution in [3.8, 4) is 5.75 Å². The second-order valence-electron chi connectivity index (χ2n) is 6.72. The van der Waals surface area contributed by atoms with Crippen molar-refractivity contribution in [1.29, 1.82) is 0 Å². The quantitative estimate of drug-likeness (QED) is 0.911. The maximum absolute atomic E-state index is 12.7. The third-order valence-corrected chi connectivity index (χ3v) is 5.09. The van der Waals surface area contributed by atoms with Crippen LogP contribution in [-0.4, -0.2) is 22.5 Å². The lowest BCUT2D eigenvalue weighted by molar-refractivity contribution is -0.132. The molecule has 2 aromatic rings. The van der Waals surface area contributed by atoms with Crippen LogP contribution in [0.3, 0.4) is 0 Å². The molecule has 1 atom stereocenters. The maximum Gasteiger partial charge on any atom is 0.223 e. The summed E-state index contributed by atoms with van der Waals surface area (Å²) in [5.74, 6) is 0.455. The smallest absolute Gasteiger partial charge is 0.223 e. The highest BCUT2D eigenvalue weighted by Gasteiger charge is 2.29. The Bertz CT molecular complexity index is 738. The van der Waals surface area contributed by atoms with E-state index in [1.165, 1.54) is 16.7 Å². The highest BCUT2D eigenvalue weighted by atomic mass is 16.3. The first-order chi connectivity index (χ1) is 11.6. The van der Waals surface area contributed by atoms with Crippen LogP contribution in [0, 0.1) is 13.8 Å². The summed E-state index contributed by atoms with van der Waals surface area (Å²) in [6, 6.07) is 14.0. The molecule has 3 heteroatoms. The predicted molar refractivity (Wildman–Crippen MR) is 96.0 cm³/mol. The summed E-state index contributed by atoms with van der Waals surface area (Å²) in [4.78, 5) is 14.7. The fourth-order valence-electron chi connectivity index (χ4n) is 3.49. The molecule has 0 bridgehead atoms. The molecule has 0 aliphatic carbocycles. The van der Waals surface area contributed by atoms with E-state index in [0.29, 0.717) is 12.8 Å². The molecule has 1 heterocycles. The highest BCUT2D eigenvalue weighted by Crippen LogP contribution is 2.33. The third-order valence-electron chi connectivity index (χ3n) is 5.09. The molecule has 1 aliphatic rings. The van der Waals surface area contributed by atoms with Crippen molar-refractivity contribution < 1.29 is 9.90 Å². The van der Waals surface area contributed by atoms with E-state index >= 15 is 0 Å². The fourth-order valence-corrected chi connectivity index (χ4v) is 3.49. The minimum atomic E-state index is 0.180. The number of nitrogens with zero attached hydrogens (tertiary/aromatic N) is 1. The fraction of sp³-hybridized carbons (Fsp3) is 0.381. The van der Waals surface area contributed by atoms with Gasteiger partial charge in [0.15, 0.2) is 0 Å². The zero-order valence-corrected chi connectivity index (χ0v) is 14.5. The molecular formula is C21H25NO2. The van der Waals surface area contributed by atoms with Crippen LogP contribution in [0.25, 0.3) is 0 Å². The number of carbonyl (C=O) groups is 1. The van der Waals surface area contributed by atoms with Gasteiger partial charge >= 0.3 is 0 Å². The first-order valence-electron chi connectivity index (χ1n) is 8.70. The van der Waals surface area contributed by atoms with Crippen molar-refractivity contribution in [3.05, 3.63) is 64.7 Å². The van der Waals surface area contributed by atoms with Crippen LogP contribution in [0.15, 0.2) is 42.5 Å². The summed E-state index contributed by atoms with van der Waals surface area (Å²) in [7, 11) is 0. The minimum absolute atomic E-state index is 0.180. The average Bonchev–Trinajstić information content (AvgIpc) is 3.06. The van der Waals surface area contributed by atoms with Gasteiger partial charge in [-0.05, 0) is 61.4 Å². The third kappa shape index (κ3) is 3.45. The van der Waals surface area contributed by atoms with E-state index in [2.05, 4.69) is 32.0 Å². The lowest BCUT2D eigenvalue weighted by atomic mass is 9.99. The van der Waals surface area contributed by atoms with Crippen molar-refractivity contribution in [3.63, 3.8) is 0 Å². The van der Waals surface area contributed by atoms with Gasteiger partial charge in [0.2, 0.25) is 5.91 Å². The van der Waals surface area contributed by atoms with E-state index in [0.717, 1.165) is 24.9 Å². The van der Waals surface area contributed by atoms with Gasteiger partial charge in [-0.2, -0.15) is 0 Å². The molecule has 3 nitrogen and oxygen atoms in total. The standard InChI is InChI=1S/C21H25NO2/c1-15-9-10-18(14-16(15)2)19-7-5-13-22(19)21(24)12-11-17-6-3-4-8-20(17)23/h3-4,6,8-10,14,19,23H,5,7,11-13H2,1-2H3/t19-/m1/s1. The lowest BCUT2D eigenvalue weighted by Crippen LogP contribution is -2.30. The number of phenols is 1. The van der Waals surface area contributed by atoms with Gasteiger partial charge in [0.25, 0.3) is 0 Å². The number of phenolic OH excluding ortho intramolecular Hbond substituents is 1. The van der Waals surface area contributed by atoms with Gasteiger partial charge < -0.3 is 10.0 Å². The molecule has 24 heavy (non-hydrogen) atoms. The van der Waals surface area contributed by atoms with Crippen LogP contribution < -0.4 is 0 Å². The Kier molecular flexibility index (Phi) is 4.89. The van der Waals surface area contributed by atoms with Gasteiger partial charge in [0.1, 0.15) is 5.75 Å². The van der Waals surface area contributed by atoms with Crippen LogP contribution in [0.4, 0.5) is 0 Å². The zero-order valence-electron chi connectivity index (χ0n) is 14.5. The number of hydrogen-bond acceptors (Lipinski definition) is 2. The molecule has 2 aromatic carbocycles. The molecule has 1 amide bonds. The molecule has 0 aromatic heterocycles. The van der Waals surface area contributed by atoms with Gasteiger partial charge in [-0.3, -0.25) is 4.79 Å². The van der Waals surface area contributed by atoms with Gasteiger partial charge in [-0.15, -0.1) is 0 Å². The number of aromatic hydroxyl groups is 1. The SMILES string of the molecule is Cc1ccc([C@H]2CCCN2C(=O)CCc2ccccc2O)cc1C. The number of carbonyl (C=O) groups excluding carboxylic acids is 1. The first-order valence-corrected chi connectivity index (χ1v) is 8.70. The van der Waals surface area contributed by atoms with Gasteiger partial charge in [0, 0.05) is 13.0 Å². The van der Waals surface area contributed by atoms with Crippen LogP contribution in [-0.2, 0) is 11.2 Å². The Morgan fingerprint density at radius 2 is 1.96 bits per heavy atom. The van der Waals surface area contributed by atoms with Gasteiger partial charge in [-0.1, -0.05) is 36.4 Å². The second kappa shape index (κ2) is 7.08. The van der Waals surface area contributed by atoms with Crippen LogP contribution in [0.5, 0.6) is 5.75 Å². The number of benzene rings is 2. The van der Waals surface area contributed by atoms with Crippen molar-refractivity contribution in [1.82, 2.24) is 4.90 Å². The number of amides is 1. The lowest BCUT2D eigenvalue weighted by Gasteiger charge is -2.26. The summed E-state index contributed by atoms with van der Waals surface area (Å²) in [6.07, 6.45) is 3.12. The van der Waals surface area contributed by atoms with Crippen LogP contribution in [0.1, 0.15) is 47.6 Å². The van der Waals surface area contributed by atoms with E-state index in [1.807, 2.05) is 17.0 Å². The molecule has 1 N–H and O–H groups in total. The molecule has 0 spiro atoms. The van der Waals surface area contributed by atoms with E-state index in [4.69, 9.17) is 0 Å². The summed E-state index contributed by atoms with van der Waals surface area (Å²) >= 11 is 0. The Labute approximate surface area is 143 Å². The van der Waals surface area contributed by atoms with Gasteiger partial charge in [0.05, 0.1) is 6.04 Å². The van der Waals surface area contributed by atoms with E-state index in [-0.39, 0.29) is 17.7 Å². The van der Waals surface area contributed by atoms with Gasteiger partial charge in [-0.25, -0.2) is 0 Å². The summed E-state index contributed by atoms with van der Waals surface area (Å²) in [6.45, 7) is 5.07. The van der Waals surface area contributed by atoms with Crippen molar-refractivity contribution in [2.45, 2.75) is 45.6 Å². The summed E-state index contributed by atoms with van der Waals surface area (Å²) < 4.78 is 0. The Hall–Kier alpha value is -2.29. The maximum atomic E-state index is 12.7. The summed E-state index contributed by atoms with van der Waals surface area (Å²) in [5, 5.41) is 9.85. The Morgan fingerprint density at radius 1 is 1.17 bits per heavy atom. The van der Waals surface area contributed by atoms with Crippen molar-refractivity contribution in [2.24, 2.45) is 0 Å². The number of likely N-dealkylation sites (tertiary alicyclic amines) is 1. The largest absolute Gasteiger partial charge is 0.508 e. The molecule has 3 rings (SSSR count). The summed E-state index contributed by atoms with van der Waals surface area (Å²) in [5.41, 5.74) is 4.65. The molecule has 1 aliphatic heterocycles. The molecular weight excluding hydrogens is 298 g/mol. The number of rotatable bonds is 4. The molecule has 126 valence electrons. The van der Waals surface area contributed by atoms with Crippen LogP contribution in [0.2, 0.25) is 0 Å². The van der Waals surface area contributed by atoms with Crippen LogP contribution >= 0.6 is 0 Å². The Balaban J connectivity index is 1.69. The first kappa shape index (κ1) is 16.6. The number of aryl methyl sites for hydroxylation is 3. The van der Waals surface area contributed by atoms with E-state index in [9.17, 15) is 9.90 Å². The zero-order chi connectivity index (χ0) is 17.1. The second-order valence-corrected chi connectivity index (χ2v) is 6.72. The predicted octanol–water partition coefficient (Wildman–Crippen LogP) is 4.31. The Morgan fingerprint density at radius 3 is 2.71 bits per heavy atom. The van der Waals surface area contributed by atoms with Crippen molar-refractivity contribution in [2.75, 3.05) is 6.54 Å². The molecule has 1 saturated heterocycles. The molecule has 1 fully saturated rings. The number of hydrogen-bond donors (Lipinski definition) is 1.